The molecule has 0 bridgehead atoms. The smallest absolute Gasteiger partial charge is 0.367 e. The van der Waals surface area contributed by atoms with E-state index >= 15 is 0 Å². The van der Waals surface area contributed by atoms with Crippen LogP contribution in [0, 0.1) is 11.7 Å². The lowest BCUT2D eigenvalue weighted by atomic mass is 10.1. The number of rotatable bonds is 14. The maximum absolute atomic E-state index is 14.3. The molecule has 1 saturated heterocycles. The predicted molar refractivity (Wildman–Crippen MR) is 161 cm³/mol. The number of nitrogens with zero attached hydrogens (tertiary/aromatic N) is 2. The molecule has 2 heterocycles. The molecule has 0 radical (unpaired) electrons. The third-order valence-electron chi connectivity index (χ3n) is 7.38. The normalized spacial score (nSPS) is 16.8. The van der Waals surface area contributed by atoms with Crippen molar-refractivity contribution in [2.75, 3.05) is 26.1 Å². The van der Waals surface area contributed by atoms with Crippen molar-refractivity contribution in [3.05, 3.63) is 64.6 Å². The van der Waals surface area contributed by atoms with Crippen molar-refractivity contribution in [2.45, 2.75) is 52.7 Å². The first-order valence-electron chi connectivity index (χ1n) is 14.3. The molecular formula is C30H34ClF3N3O7P. The van der Waals surface area contributed by atoms with Gasteiger partial charge in [0.1, 0.15) is 24.2 Å². The molecular weight excluding hydrogens is 638 g/mol. The van der Waals surface area contributed by atoms with Crippen LogP contribution >= 0.6 is 19.2 Å². The van der Waals surface area contributed by atoms with Crippen molar-refractivity contribution in [1.82, 2.24) is 14.8 Å². The standard InChI is InChI=1S/C30H34ClF3N3O7P/c1-4-43-45(41,44-5-2)17-42-21-9-10-22-23(18(3)38)15-36(25(22)12-21)16-27(39)37-14-20(29(33)34)11-26(37)30(40)35-13-19-7-6-8-24(31)28(19)32/h6-10,12,15,20,26,29H,4-5,11,13-14,16-17H2,1-3H3,(H,35,40)/t20?,26-/m0/s1. The Morgan fingerprint density at radius 3 is 2.49 bits per heavy atom. The van der Waals surface area contributed by atoms with Crippen LogP contribution in [0.4, 0.5) is 13.2 Å². The Morgan fingerprint density at radius 2 is 1.84 bits per heavy atom. The van der Waals surface area contributed by atoms with Gasteiger partial charge in [-0.05, 0) is 45.4 Å². The molecule has 10 nitrogen and oxygen atoms in total. The zero-order valence-electron chi connectivity index (χ0n) is 24.9. The van der Waals surface area contributed by atoms with Gasteiger partial charge < -0.3 is 28.6 Å². The number of aromatic nitrogens is 1. The zero-order chi connectivity index (χ0) is 32.9. The summed E-state index contributed by atoms with van der Waals surface area (Å²) < 4.78 is 72.4. The van der Waals surface area contributed by atoms with Crippen LogP contribution in [0.25, 0.3) is 10.9 Å². The second-order valence-corrected chi connectivity index (χ2v) is 12.9. The fraction of sp³-hybridized carbons (Fsp3) is 0.433. The highest BCUT2D eigenvalue weighted by Crippen LogP contribution is 2.48. The van der Waals surface area contributed by atoms with Crippen LogP contribution in [-0.4, -0.2) is 65.6 Å². The van der Waals surface area contributed by atoms with Gasteiger partial charge in [-0.2, -0.15) is 0 Å². The average Bonchev–Trinajstić information content (AvgIpc) is 3.60. The first-order valence-corrected chi connectivity index (χ1v) is 16.4. The molecule has 2 atom stereocenters. The van der Waals surface area contributed by atoms with E-state index in [2.05, 4.69) is 5.32 Å². The van der Waals surface area contributed by atoms with Gasteiger partial charge in [-0.1, -0.05) is 23.7 Å². The number of hydrogen-bond donors (Lipinski definition) is 1. The quantitative estimate of drug-likeness (QED) is 0.164. The summed E-state index contributed by atoms with van der Waals surface area (Å²) in [7, 11) is -3.54. The molecule has 2 aromatic carbocycles. The van der Waals surface area contributed by atoms with Gasteiger partial charge in [0.2, 0.25) is 18.2 Å². The molecule has 1 fully saturated rings. The Balaban J connectivity index is 1.57. The fourth-order valence-corrected chi connectivity index (χ4v) is 6.74. The van der Waals surface area contributed by atoms with Crippen LogP contribution in [0.3, 0.4) is 0 Å². The summed E-state index contributed by atoms with van der Waals surface area (Å²) >= 11 is 5.81. The van der Waals surface area contributed by atoms with Crippen LogP contribution in [0.15, 0.2) is 42.6 Å². The van der Waals surface area contributed by atoms with Crippen LogP contribution in [0.2, 0.25) is 5.02 Å². The summed E-state index contributed by atoms with van der Waals surface area (Å²) in [6, 6.07) is 7.79. The molecule has 1 aliphatic heterocycles. The van der Waals surface area contributed by atoms with Gasteiger partial charge in [-0.25, -0.2) is 13.2 Å². The fourth-order valence-electron chi connectivity index (χ4n) is 5.23. The summed E-state index contributed by atoms with van der Waals surface area (Å²) in [6.07, 6.45) is -1.96. The number of ether oxygens (including phenoxy) is 1. The summed E-state index contributed by atoms with van der Waals surface area (Å²) in [5.41, 5.74) is 0.823. The molecule has 1 aliphatic rings. The molecule has 3 aromatic rings. The number of hydrogen-bond acceptors (Lipinski definition) is 7. The van der Waals surface area contributed by atoms with Crippen molar-refractivity contribution in [2.24, 2.45) is 5.92 Å². The van der Waals surface area contributed by atoms with E-state index in [0.29, 0.717) is 16.5 Å². The Labute approximate surface area is 263 Å². The molecule has 0 spiro atoms. The average molecular weight is 672 g/mol. The number of amides is 2. The Morgan fingerprint density at radius 1 is 1.13 bits per heavy atom. The van der Waals surface area contributed by atoms with Crippen molar-refractivity contribution >= 4 is 47.7 Å². The third-order valence-corrected chi connectivity index (χ3v) is 9.42. The van der Waals surface area contributed by atoms with E-state index in [1.165, 1.54) is 35.9 Å². The van der Waals surface area contributed by atoms with E-state index in [9.17, 15) is 32.1 Å². The third kappa shape index (κ3) is 8.07. The number of halogens is 4. The van der Waals surface area contributed by atoms with Crippen LogP contribution in [-0.2, 0) is 36.3 Å². The lowest BCUT2D eigenvalue weighted by molar-refractivity contribution is -0.139. The molecule has 0 aliphatic carbocycles. The largest absolute Gasteiger partial charge is 0.481 e. The van der Waals surface area contributed by atoms with Gasteiger partial charge in [-0.15, -0.1) is 0 Å². The van der Waals surface area contributed by atoms with Crippen molar-refractivity contribution in [1.29, 1.82) is 0 Å². The second kappa shape index (κ2) is 14.8. The van der Waals surface area contributed by atoms with E-state index in [0.717, 1.165) is 4.90 Å². The lowest BCUT2D eigenvalue weighted by Crippen LogP contribution is -2.46. The van der Waals surface area contributed by atoms with E-state index < -0.39 is 43.6 Å². The van der Waals surface area contributed by atoms with Crippen molar-refractivity contribution < 1.29 is 45.9 Å². The van der Waals surface area contributed by atoms with Crippen LogP contribution in [0.5, 0.6) is 5.75 Å². The number of nitrogens with one attached hydrogen (secondary N) is 1. The summed E-state index contributed by atoms with van der Waals surface area (Å²) in [4.78, 5) is 40.2. The minimum Gasteiger partial charge on any atom is -0.481 e. The maximum atomic E-state index is 14.3. The molecule has 0 saturated carbocycles. The zero-order valence-corrected chi connectivity index (χ0v) is 26.6. The molecule has 244 valence electrons. The molecule has 2 amide bonds. The number of Topliss-reactive ketones (excluding diaryl/α,β-unsaturated/α-hetero) is 1. The molecule has 45 heavy (non-hydrogen) atoms. The minimum atomic E-state index is -3.54. The number of carbonyl (C=O) groups excluding carboxylic acids is 3. The SMILES string of the molecule is CCOP(=O)(COc1ccc2c(C(C)=O)cn(CC(=O)N3CC(C(F)F)C[C@H]3C(=O)NCc3cccc(Cl)c3F)c2c1)OCC. The van der Waals surface area contributed by atoms with E-state index in [1.54, 1.807) is 32.0 Å². The highest BCUT2D eigenvalue weighted by molar-refractivity contribution is 7.53. The van der Waals surface area contributed by atoms with E-state index in [4.69, 9.17) is 25.4 Å². The van der Waals surface area contributed by atoms with Gasteiger partial charge in [-0.3, -0.25) is 18.9 Å². The highest BCUT2D eigenvalue weighted by Gasteiger charge is 2.43. The van der Waals surface area contributed by atoms with E-state index in [1.807, 2.05) is 0 Å². The molecule has 4 rings (SSSR count). The minimum absolute atomic E-state index is 0.101. The van der Waals surface area contributed by atoms with Crippen LogP contribution < -0.4 is 10.1 Å². The monoisotopic (exact) mass is 671 g/mol. The van der Waals surface area contributed by atoms with Crippen molar-refractivity contribution in [3.8, 4) is 5.75 Å². The highest BCUT2D eigenvalue weighted by atomic mass is 35.5. The van der Waals surface area contributed by atoms with Crippen LogP contribution in [0.1, 0.15) is 43.1 Å². The number of alkyl halides is 2. The Hall–Kier alpha value is -3.38. The molecule has 1 aromatic heterocycles. The number of carbonyl (C=O) groups is 3. The summed E-state index contributed by atoms with van der Waals surface area (Å²) in [5, 5.41) is 2.90. The topological polar surface area (TPSA) is 116 Å². The number of likely N-dealkylation sites (tertiary alicyclic amines) is 1. The Kier molecular flexibility index (Phi) is 11.4. The van der Waals surface area contributed by atoms with Gasteiger partial charge in [0, 0.05) is 47.8 Å². The first-order chi connectivity index (χ1) is 21.4. The second-order valence-electron chi connectivity index (χ2n) is 10.4. The number of benzene rings is 2. The summed E-state index contributed by atoms with van der Waals surface area (Å²) in [6.45, 7) is 3.99. The van der Waals surface area contributed by atoms with Crippen molar-refractivity contribution in [3.63, 3.8) is 0 Å². The van der Waals surface area contributed by atoms with Gasteiger partial charge in [0.05, 0.1) is 23.8 Å². The Bertz CT molecular complexity index is 1610. The van der Waals surface area contributed by atoms with E-state index in [-0.39, 0.29) is 67.7 Å². The maximum Gasteiger partial charge on any atom is 0.367 e. The first kappa shape index (κ1) is 34.5. The molecule has 1 N–H and O–H groups in total. The molecule has 1 unspecified atom stereocenters. The molecule has 15 heteroatoms. The van der Waals surface area contributed by atoms with Gasteiger partial charge in [0.25, 0.3) is 0 Å². The van der Waals surface area contributed by atoms with Gasteiger partial charge in [0.15, 0.2) is 12.1 Å². The predicted octanol–water partition coefficient (Wildman–Crippen LogP) is 6.04. The van der Waals surface area contributed by atoms with Gasteiger partial charge >= 0.3 is 7.60 Å². The summed E-state index contributed by atoms with van der Waals surface area (Å²) in [5.74, 6) is -3.32. The number of fused-ring (bicyclic) bond motifs is 1. The lowest BCUT2D eigenvalue weighted by Gasteiger charge is -2.24. The number of ketones is 1.